The van der Waals surface area contributed by atoms with Crippen LogP contribution in [0.2, 0.25) is 0 Å². The summed E-state index contributed by atoms with van der Waals surface area (Å²) in [6, 6.07) is 2.51. The highest BCUT2D eigenvalue weighted by atomic mass is 16.6. The van der Waals surface area contributed by atoms with Crippen LogP contribution in [0.1, 0.15) is 10.4 Å². The molecule has 1 aliphatic heterocycles. The molecule has 1 fully saturated rings. The molecule has 0 saturated carbocycles. The fraction of sp³-hybridized carbons (Fsp3) is 0.333. The summed E-state index contributed by atoms with van der Waals surface area (Å²) in [6.45, 7) is 0.498. The van der Waals surface area contributed by atoms with Gasteiger partial charge in [0.2, 0.25) is 5.91 Å². The van der Waals surface area contributed by atoms with Crippen LogP contribution >= 0.6 is 0 Å². The number of primary amides is 1. The predicted octanol–water partition coefficient (Wildman–Crippen LogP) is -0.0165. The first-order valence-electron chi connectivity index (χ1n) is 6.07. The number of hydrogen-bond donors (Lipinski definition) is 2. The van der Waals surface area contributed by atoms with Gasteiger partial charge in [0.15, 0.2) is 0 Å². The fourth-order valence-electron chi connectivity index (χ4n) is 2.18. The molecule has 9 heteroatoms. The molecule has 0 aromatic heterocycles. The zero-order valence-corrected chi connectivity index (χ0v) is 10.9. The number of nitrogens with two attached hydrogens (primary N) is 1. The lowest BCUT2D eigenvalue weighted by Crippen LogP contribution is -2.53. The molecular formula is C12H13N3O6. The molecular weight excluding hydrogens is 282 g/mol. The van der Waals surface area contributed by atoms with Crippen molar-refractivity contribution < 1.29 is 24.4 Å². The number of benzene rings is 1. The molecule has 1 aromatic rings. The van der Waals surface area contributed by atoms with Crippen LogP contribution in [0.3, 0.4) is 0 Å². The Balaban J connectivity index is 2.52. The Morgan fingerprint density at radius 2 is 2.19 bits per heavy atom. The normalized spacial score (nSPS) is 18.3. The van der Waals surface area contributed by atoms with Gasteiger partial charge in [0.1, 0.15) is 6.04 Å². The lowest BCUT2D eigenvalue weighted by atomic mass is 10.1. The summed E-state index contributed by atoms with van der Waals surface area (Å²) in [7, 11) is 0. The third-order valence-electron chi connectivity index (χ3n) is 3.19. The van der Waals surface area contributed by atoms with Gasteiger partial charge in [0.25, 0.3) is 5.69 Å². The minimum Gasteiger partial charge on any atom is -0.478 e. The summed E-state index contributed by atoms with van der Waals surface area (Å²) in [4.78, 5) is 34.4. The first-order valence-corrected chi connectivity index (χ1v) is 6.07. The van der Waals surface area contributed by atoms with Crippen LogP contribution in [0.15, 0.2) is 18.2 Å². The lowest BCUT2D eigenvalue weighted by Gasteiger charge is -2.35. The van der Waals surface area contributed by atoms with E-state index in [4.69, 9.17) is 10.5 Å². The van der Waals surface area contributed by atoms with Gasteiger partial charge in [-0.2, -0.15) is 0 Å². The van der Waals surface area contributed by atoms with E-state index in [9.17, 15) is 24.8 Å². The molecule has 0 aliphatic carbocycles. The standard InChI is InChI=1S/C12H13N3O6/c13-11(16)10-6-21-4-3-14(10)9-5-7(15(19)20)1-2-8(9)12(17)18/h1-2,5,10H,3-4,6H2,(H2,13,16)(H,17,18). The van der Waals surface area contributed by atoms with Gasteiger partial charge in [-0.3, -0.25) is 14.9 Å². The molecule has 112 valence electrons. The van der Waals surface area contributed by atoms with Crippen molar-refractivity contribution in [2.24, 2.45) is 5.73 Å². The number of carbonyl (C=O) groups excluding carboxylic acids is 1. The van der Waals surface area contributed by atoms with Crippen LogP contribution in [0.5, 0.6) is 0 Å². The molecule has 1 aliphatic rings. The van der Waals surface area contributed by atoms with Crippen molar-refractivity contribution in [2.75, 3.05) is 24.7 Å². The van der Waals surface area contributed by atoms with E-state index in [0.717, 1.165) is 18.2 Å². The maximum absolute atomic E-state index is 11.5. The minimum absolute atomic E-state index is 0.0110. The molecule has 9 nitrogen and oxygen atoms in total. The minimum atomic E-state index is -1.24. The van der Waals surface area contributed by atoms with E-state index in [-0.39, 0.29) is 36.7 Å². The maximum Gasteiger partial charge on any atom is 0.337 e. The zero-order valence-electron chi connectivity index (χ0n) is 10.9. The van der Waals surface area contributed by atoms with Crippen LogP contribution in [0, 0.1) is 10.1 Å². The van der Waals surface area contributed by atoms with E-state index >= 15 is 0 Å². The summed E-state index contributed by atoms with van der Waals surface area (Å²) in [5.74, 6) is -1.92. The van der Waals surface area contributed by atoms with Crippen LogP contribution in [-0.2, 0) is 9.53 Å². The highest BCUT2D eigenvalue weighted by molar-refractivity contribution is 5.96. The lowest BCUT2D eigenvalue weighted by molar-refractivity contribution is -0.384. The molecule has 3 N–H and O–H groups in total. The number of carboxylic acid groups (broad SMARTS) is 1. The second-order valence-corrected chi connectivity index (χ2v) is 4.45. The summed E-state index contributed by atoms with van der Waals surface area (Å²) < 4.78 is 5.15. The SMILES string of the molecule is NC(=O)C1COCCN1c1cc([N+](=O)[O-])ccc1C(=O)O. The molecule has 1 aromatic carbocycles. The number of non-ortho nitro benzene ring substituents is 1. The second kappa shape index (κ2) is 5.75. The molecule has 0 bridgehead atoms. The average molecular weight is 295 g/mol. The average Bonchev–Trinajstić information content (AvgIpc) is 2.46. The Bertz CT molecular complexity index is 603. The van der Waals surface area contributed by atoms with Gasteiger partial charge < -0.3 is 20.5 Å². The van der Waals surface area contributed by atoms with Crippen molar-refractivity contribution in [3.05, 3.63) is 33.9 Å². The zero-order chi connectivity index (χ0) is 15.6. The number of hydrogen-bond acceptors (Lipinski definition) is 6. The van der Waals surface area contributed by atoms with Gasteiger partial charge in [-0.25, -0.2) is 4.79 Å². The summed E-state index contributed by atoms with van der Waals surface area (Å²) in [5, 5.41) is 20.1. The van der Waals surface area contributed by atoms with Gasteiger partial charge in [-0.15, -0.1) is 0 Å². The van der Waals surface area contributed by atoms with Crippen LogP contribution < -0.4 is 10.6 Å². The van der Waals surface area contributed by atoms with Crippen LogP contribution in [0.25, 0.3) is 0 Å². The van der Waals surface area contributed by atoms with Gasteiger partial charge in [0, 0.05) is 18.7 Å². The molecule has 21 heavy (non-hydrogen) atoms. The number of carboxylic acids is 1. The third kappa shape index (κ3) is 2.92. The number of aromatic carboxylic acids is 1. The summed E-state index contributed by atoms with van der Waals surface area (Å²) in [5.41, 5.74) is 4.97. The smallest absolute Gasteiger partial charge is 0.337 e. The van der Waals surface area contributed by atoms with Crippen molar-refractivity contribution in [1.29, 1.82) is 0 Å². The van der Waals surface area contributed by atoms with Crippen LogP contribution in [0.4, 0.5) is 11.4 Å². The van der Waals surface area contributed by atoms with E-state index in [0.29, 0.717) is 0 Å². The molecule has 0 spiro atoms. The Morgan fingerprint density at radius 1 is 1.48 bits per heavy atom. The Labute approximate surface area is 119 Å². The first kappa shape index (κ1) is 14.7. The number of ether oxygens (including phenoxy) is 1. The number of nitrogens with zero attached hydrogens (tertiary/aromatic N) is 2. The van der Waals surface area contributed by atoms with Gasteiger partial charge in [-0.05, 0) is 6.07 Å². The molecule has 1 unspecified atom stereocenters. The van der Waals surface area contributed by atoms with Gasteiger partial charge >= 0.3 is 5.97 Å². The number of amides is 1. The van der Waals surface area contributed by atoms with Crippen molar-refractivity contribution >= 4 is 23.3 Å². The molecule has 1 atom stereocenters. The van der Waals surface area contributed by atoms with E-state index in [1.54, 1.807) is 0 Å². The monoisotopic (exact) mass is 295 g/mol. The van der Waals surface area contributed by atoms with Crippen molar-refractivity contribution in [3.63, 3.8) is 0 Å². The molecule has 1 saturated heterocycles. The quantitative estimate of drug-likeness (QED) is 0.588. The van der Waals surface area contributed by atoms with E-state index in [2.05, 4.69) is 0 Å². The number of nitro benzene ring substituents is 1. The number of anilines is 1. The first-order chi connectivity index (χ1) is 9.91. The molecule has 2 rings (SSSR count). The van der Waals surface area contributed by atoms with E-state index in [1.807, 2.05) is 0 Å². The topological polar surface area (TPSA) is 136 Å². The largest absolute Gasteiger partial charge is 0.478 e. The highest BCUT2D eigenvalue weighted by Crippen LogP contribution is 2.29. The Morgan fingerprint density at radius 3 is 2.76 bits per heavy atom. The second-order valence-electron chi connectivity index (χ2n) is 4.45. The van der Waals surface area contributed by atoms with E-state index < -0.39 is 22.8 Å². The number of carbonyl (C=O) groups is 2. The van der Waals surface area contributed by atoms with Crippen molar-refractivity contribution in [3.8, 4) is 0 Å². The van der Waals surface area contributed by atoms with Crippen molar-refractivity contribution in [2.45, 2.75) is 6.04 Å². The number of nitro groups is 1. The fourth-order valence-corrected chi connectivity index (χ4v) is 2.18. The Hall–Kier alpha value is -2.68. The third-order valence-corrected chi connectivity index (χ3v) is 3.19. The van der Waals surface area contributed by atoms with Crippen molar-refractivity contribution in [1.82, 2.24) is 0 Å². The van der Waals surface area contributed by atoms with Gasteiger partial charge in [0.05, 0.1) is 29.4 Å². The van der Waals surface area contributed by atoms with Crippen LogP contribution in [-0.4, -0.2) is 47.7 Å². The Kier molecular flexibility index (Phi) is 4.03. The predicted molar refractivity (Wildman–Crippen MR) is 71.2 cm³/mol. The molecule has 1 heterocycles. The highest BCUT2D eigenvalue weighted by Gasteiger charge is 2.31. The number of rotatable bonds is 4. The maximum atomic E-state index is 11.5. The molecule has 0 radical (unpaired) electrons. The molecule has 1 amide bonds. The van der Waals surface area contributed by atoms with E-state index in [1.165, 1.54) is 4.90 Å². The summed E-state index contributed by atoms with van der Waals surface area (Å²) in [6.07, 6.45) is 0. The van der Waals surface area contributed by atoms with Gasteiger partial charge in [-0.1, -0.05) is 0 Å². The summed E-state index contributed by atoms with van der Waals surface area (Å²) >= 11 is 0. The number of morpholine rings is 1.